The van der Waals surface area contributed by atoms with Crippen LogP contribution in [0.4, 0.5) is 5.69 Å². The first kappa shape index (κ1) is 20.1. The van der Waals surface area contributed by atoms with E-state index in [1.165, 1.54) is 0 Å². The highest BCUT2D eigenvalue weighted by Gasteiger charge is 2.08. The van der Waals surface area contributed by atoms with Gasteiger partial charge in [-0.05, 0) is 61.4 Å². The highest BCUT2D eigenvalue weighted by molar-refractivity contribution is 5.96. The number of amides is 2. The second kappa shape index (κ2) is 9.55. The fraction of sp³-hybridized carbons (Fsp3) is 0.167. The SMILES string of the molecule is CC(C)NC(=O)c1ccc(NC(=O)COc2ccc(-c3ccccc3)cc2)cc1. The summed E-state index contributed by atoms with van der Waals surface area (Å²) in [5, 5.41) is 5.59. The third-order valence-electron chi connectivity index (χ3n) is 4.18. The number of nitrogens with one attached hydrogen (secondary N) is 2. The summed E-state index contributed by atoms with van der Waals surface area (Å²) >= 11 is 0. The lowest BCUT2D eigenvalue weighted by atomic mass is 10.1. The van der Waals surface area contributed by atoms with Gasteiger partial charge in [0.15, 0.2) is 6.61 Å². The van der Waals surface area contributed by atoms with E-state index in [0.29, 0.717) is 17.0 Å². The molecule has 0 aromatic heterocycles. The Morgan fingerprint density at radius 2 is 1.45 bits per heavy atom. The third-order valence-corrected chi connectivity index (χ3v) is 4.18. The van der Waals surface area contributed by atoms with Gasteiger partial charge in [-0.15, -0.1) is 0 Å². The molecule has 3 rings (SSSR count). The molecule has 0 atom stereocenters. The quantitative estimate of drug-likeness (QED) is 0.626. The summed E-state index contributed by atoms with van der Waals surface area (Å²) in [4.78, 5) is 24.1. The van der Waals surface area contributed by atoms with Crippen molar-refractivity contribution in [3.8, 4) is 16.9 Å². The van der Waals surface area contributed by atoms with Crippen LogP contribution in [0.5, 0.6) is 5.75 Å². The Morgan fingerprint density at radius 1 is 0.828 bits per heavy atom. The summed E-state index contributed by atoms with van der Waals surface area (Å²) in [6.45, 7) is 3.71. The van der Waals surface area contributed by atoms with Crippen molar-refractivity contribution < 1.29 is 14.3 Å². The van der Waals surface area contributed by atoms with E-state index in [-0.39, 0.29) is 24.5 Å². The summed E-state index contributed by atoms with van der Waals surface area (Å²) < 4.78 is 5.56. The van der Waals surface area contributed by atoms with Gasteiger partial charge in [0.05, 0.1) is 0 Å². The van der Waals surface area contributed by atoms with Crippen molar-refractivity contribution in [2.24, 2.45) is 0 Å². The number of anilines is 1. The predicted molar refractivity (Wildman–Crippen MR) is 115 cm³/mol. The minimum absolute atomic E-state index is 0.0702. The van der Waals surface area contributed by atoms with E-state index in [9.17, 15) is 9.59 Å². The first-order valence-corrected chi connectivity index (χ1v) is 9.50. The van der Waals surface area contributed by atoms with Gasteiger partial charge in [0.25, 0.3) is 11.8 Å². The third kappa shape index (κ3) is 5.94. The Kier molecular flexibility index (Phi) is 6.63. The standard InChI is InChI=1S/C24H24N2O3/c1-17(2)25-24(28)20-8-12-21(13-9-20)26-23(27)16-29-22-14-10-19(11-15-22)18-6-4-3-5-7-18/h3-15,17H,16H2,1-2H3,(H,25,28)(H,26,27). The number of ether oxygens (including phenoxy) is 1. The Hall–Kier alpha value is -3.60. The summed E-state index contributed by atoms with van der Waals surface area (Å²) in [6, 6.07) is 24.5. The summed E-state index contributed by atoms with van der Waals surface area (Å²) in [5.41, 5.74) is 3.37. The molecule has 0 aliphatic rings. The van der Waals surface area contributed by atoms with Crippen LogP contribution < -0.4 is 15.4 Å². The van der Waals surface area contributed by atoms with Crippen LogP contribution in [0, 0.1) is 0 Å². The molecule has 5 nitrogen and oxygen atoms in total. The van der Waals surface area contributed by atoms with E-state index in [2.05, 4.69) is 10.6 Å². The molecule has 2 N–H and O–H groups in total. The molecule has 3 aromatic carbocycles. The molecule has 0 saturated carbocycles. The molecule has 148 valence electrons. The lowest BCUT2D eigenvalue weighted by Gasteiger charge is -2.10. The molecular weight excluding hydrogens is 364 g/mol. The van der Waals surface area contributed by atoms with Crippen LogP contribution in [0.2, 0.25) is 0 Å². The molecule has 0 heterocycles. The molecule has 2 amide bonds. The molecule has 0 bridgehead atoms. The Labute approximate surface area is 170 Å². The zero-order chi connectivity index (χ0) is 20.6. The van der Waals surface area contributed by atoms with Crippen molar-refractivity contribution >= 4 is 17.5 Å². The minimum Gasteiger partial charge on any atom is -0.484 e. The van der Waals surface area contributed by atoms with Crippen molar-refractivity contribution in [1.82, 2.24) is 5.32 Å². The molecule has 3 aromatic rings. The number of hydrogen-bond donors (Lipinski definition) is 2. The van der Waals surface area contributed by atoms with Crippen molar-refractivity contribution in [1.29, 1.82) is 0 Å². The molecule has 0 unspecified atom stereocenters. The van der Waals surface area contributed by atoms with Crippen LogP contribution in [-0.4, -0.2) is 24.5 Å². The maximum absolute atomic E-state index is 12.1. The van der Waals surface area contributed by atoms with Gasteiger partial charge in [-0.25, -0.2) is 0 Å². The van der Waals surface area contributed by atoms with E-state index < -0.39 is 0 Å². The monoisotopic (exact) mass is 388 g/mol. The maximum Gasteiger partial charge on any atom is 0.262 e. The first-order chi connectivity index (χ1) is 14.0. The van der Waals surface area contributed by atoms with Crippen LogP contribution in [0.15, 0.2) is 78.9 Å². The average molecular weight is 388 g/mol. The van der Waals surface area contributed by atoms with Gasteiger partial charge in [0.2, 0.25) is 0 Å². The van der Waals surface area contributed by atoms with Gasteiger partial charge in [-0.2, -0.15) is 0 Å². The molecular formula is C24H24N2O3. The van der Waals surface area contributed by atoms with E-state index in [1.54, 1.807) is 24.3 Å². The molecule has 5 heteroatoms. The number of hydrogen-bond acceptors (Lipinski definition) is 3. The Morgan fingerprint density at radius 3 is 2.07 bits per heavy atom. The minimum atomic E-state index is -0.267. The van der Waals surface area contributed by atoms with Gasteiger partial charge >= 0.3 is 0 Å². The normalized spacial score (nSPS) is 10.4. The lowest BCUT2D eigenvalue weighted by molar-refractivity contribution is -0.118. The molecule has 0 spiro atoms. The van der Waals surface area contributed by atoms with Gasteiger partial charge in [-0.1, -0.05) is 42.5 Å². The van der Waals surface area contributed by atoms with Crippen LogP contribution in [0.25, 0.3) is 11.1 Å². The summed E-state index contributed by atoms with van der Waals surface area (Å²) in [7, 11) is 0. The molecule has 0 radical (unpaired) electrons. The zero-order valence-corrected chi connectivity index (χ0v) is 16.5. The topological polar surface area (TPSA) is 67.4 Å². The smallest absolute Gasteiger partial charge is 0.262 e. The van der Waals surface area contributed by atoms with Crippen molar-refractivity contribution in [2.45, 2.75) is 19.9 Å². The van der Waals surface area contributed by atoms with E-state index in [4.69, 9.17) is 4.74 Å². The van der Waals surface area contributed by atoms with Crippen LogP contribution >= 0.6 is 0 Å². The first-order valence-electron chi connectivity index (χ1n) is 9.50. The van der Waals surface area contributed by atoms with E-state index >= 15 is 0 Å². The number of rotatable bonds is 7. The van der Waals surface area contributed by atoms with E-state index in [1.807, 2.05) is 68.4 Å². The van der Waals surface area contributed by atoms with Gasteiger partial charge in [-0.3, -0.25) is 9.59 Å². The largest absolute Gasteiger partial charge is 0.484 e. The molecule has 29 heavy (non-hydrogen) atoms. The predicted octanol–water partition coefficient (Wildman–Crippen LogP) is 4.51. The molecule has 0 aliphatic carbocycles. The number of carbonyl (C=O) groups excluding carboxylic acids is 2. The highest BCUT2D eigenvalue weighted by atomic mass is 16.5. The molecule has 0 fully saturated rings. The second-order valence-electron chi connectivity index (χ2n) is 6.93. The Balaban J connectivity index is 1.50. The lowest BCUT2D eigenvalue weighted by Crippen LogP contribution is -2.30. The van der Waals surface area contributed by atoms with Crippen molar-refractivity contribution in [3.05, 3.63) is 84.4 Å². The summed E-state index contributed by atoms with van der Waals surface area (Å²) in [5.74, 6) is 0.220. The molecule has 0 aliphatic heterocycles. The van der Waals surface area contributed by atoms with Crippen molar-refractivity contribution in [3.63, 3.8) is 0 Å². The highest BCUT2D eigenvalue weighted by Crippen LogP contribution is 2.22. The van der Waals surface area contributed by atoms with E-state index in [0.717, 1.165) is 11.1 Å². The average Bonchev–Trinajstić information content (AvgIpc) is 2.73. The van der Waals surface area contributed by atoms with Crippen LogP contribution in [0.3, 0.4) is 0 Å². The van der Waals surface area contributed by atoms with Gasteiger partial charge in [0, 0.05) is 17.3 Å². The fourth-order valence-electron chi connectivity index (χ4n) is 2.77. The fourth-order valence-corrected chi connectivity index (χ4v) is 2.77. The second-order valence-corrected chi connectivity index (χ2v) is 6.93. The van der Waals surface area contributed by atoms with Crippen molar-refractivity contribution in [2.75, 3.05) is 11.9 Å². The molecule has 0 saturated heterocycles. The summed E-state index contributed by atoms with van der Waals surface area (Å²) in [6.07, 6.45) is 0. The van der Waals surface area contributed by atoms with Crippen LogP contribution in [0.1, 0.15) is 24.2 Å². The Bertz CT molecular complexity index is 950. The van der Waals surface area contributed by atoms with Crippen LogP contribution in [-0.2, 0) is 4.79 Å². The van der Waals surface area contributed by atoms with Gasteiger partial charge in [0.1, 0.15) is 5.75 Å². The number of benzene rings is 3. The zero-order valence-electron chi connectivity index (χ0n) is 16.5. The maximum atomic E-state index is 12.1. The number of carbonyl (C=O) groups is 2. The van der Waals surface area contributed by atoms with Gasteiger partial charge < -0.3 is 15.4 Å².